The molecule has 3 atom stereocenters. The maximum atomic E-state index is 11.9. The van der Waals surface area contributed by atoms with Crippen LogP contribution in [0.15, 0.2) is 24.5 Å². The fourth-order valence-corrected chi connectivity index (χ4v) is 2.33. The fourth-order valence-electron chi connectivity index (χ4n) is 2.33. The normalized spacial score (nSPS) is 21.9. The number of aromatic nitrogens is 1. The molecule has 0 bridgehead atoms. The molecule has 104 valence electrons. The molecule has 0 spiro atoms. The number of hydrogen-bond acceptors (Lipinski definition) is 5. The van der Waals surface area contributed by atoms with Gasteiger partial charge in [-0.1, -0.05) is 6.07 Å². The van der Waals surface area contributed by atoms with Crippen LogP contribution in [0.3, 0.4) is 0 Å². The number of hydrogen-bond donors (Lipinski definition) is 1. The maximum Gasteiger partial charge on any atom is 0.327 e. The van der Waals surface area contributed by atoms with E-state index in [0.717, 1.165) is 25.0 Å². The van der Waals surface area contributed by atoms with Crippen molar-refractivity contribution in [3.63, 3.8) is 0 Å². The van der Waals surface area contributed by atoms with Crippen molar-refractivity contribution in [1.29, 1.82) is 0 Å². The Morgan fingerprint density at radius 1 is 1.63 bits per heavy atom. The molecule has 0 aliphatic carbocycles. The van der Waals surface area contributed by atoms with Gasteiger partial charge in [-0.25, -0.2) is 4.79 Å². The van der Waals surface area contributed by atoms with E-state index in [9.17, 15) is 4.79 Å². The molecule has 2 rings (SSSR count). The van der Waals surface area contributed by atoms with Gasteiger partial charge >= 0.3 is 5.97 Å². The highest BCUT2D eigenvalue weighted by Crippen LogP contribution is 2.20. The summed E-state index contributed by atoms with van der Waals surface area (Å²) in [6.07, 6.45) is 5.61. The molecule has 3 unspecified atom stereocenters. The van der Waals surface area contributed by atoms with E-state index >= 15 is 0 Å². The lowest BCUT2D eigenvalue weighted by molar-refractivity contribution is -0.143. The summed E-state index contributed by atoms with van der Waals surface area (Å²) in [7, 11) is 1.39. The monoisotopic (exact) mass is 264 g/mol. The van der Waals surface area contributed by atoms with Gasteiger partial charge in [-0.15, -0.1) is 0 Å². The van der Waals surface area contributed by atoms with Gasteiger partial charge < -0.3 is 9.47 Å². The minimum atomic E-state index is -0.502. The van der Waals surface area contributed by atoms with Gasteiger partial charge in [0.05, 0.1) is 13.2 Å². The summed E-state index contributed by atoms with van der Waals surface area (Å²) < 4.78 is 10.5. The van der Waals surface area contributed by atoms with Crippen LogP contribution in [0.4, 0.5) is 0 Å². The fraction of sp³-hybridized carbons (Fsp3) is 0.571. The molecule has 1 aliphatic rings. The van der Waals surface area contributed by atoms with Crippen LogP contribution < -0.4 is 5.32 Å². The molecule has 1 aromatic rings. The third kappa shape index (κ3) is 3.52. The van der Waals surface area contributed by atoms with E-state index in [1.807, 2.05) is 19.1 Å². The first-order valence-electron chi connectivity index (χ1n) is 6.57. The van der Waals surface area contributed by atoms with Crippen molar-refractivity contribution >= 4 is 5.97 Å². The first-order valence-corrected chi connectivity index (χ1v) is 6.57. The molecular formula is C14H20N2O3. The number of carbonyl (C=O) groups excluding carboxylic acids is 1. The van der Waals surface area contributed by atoms with Gasteiger partial charge in [-0.3, -0.25) is 10.3 Å². The molecule has 5 nitrogen and oxygen atoms in total. The van der Waals surface area contributed by atoms with E-state index < -0.39 is 6.04 Å². The number of pyridine rings is 1. The number of esters is 1. The lowest BCUT2D eigenvalue weighted by Gasteiger charge is -2.25. The van der Waals surface area contributed by atoms with Gasteiger partial charge in [-0.2, -0.15) is 0 Å². The van der Waals surface area contributed by atoms with E-state index in [1.54, 1.807) is 12.4 Å². The highest BCUT2D eigenvalue weighted by molar-refractivity contribution is 5.77. The Kier molecular flexibility index (Phi) is 4.87. The average Bonchev–Trinajstić information content (AvgIpc) is 2.99. The molecule has 0 amide bonds. The molecule has 1 N–H and O–H groups in total. The second kappa shape index (κ2) is 6.63. The molecule has 0 radical (unpaired) electrons. The standard InChI is InChI=1S/C14H20N2O3/c1-10(12-6-4-8-19-12)16-13(14(17)18-2)11-5-3-7-15-9-11/h3,5,7,9-10,12-13,16H,4,6,8H2,1-2H3. The third-order valence-electron chi connectivity index (χ3n) is 3.41. The topological polar surface area (TPSA) is 60.5 Å². The van der Waals surface area contributed by atoms with Crippen molar-refractivity contribution in [3.8, 4) is 0 Å². The number of carbonyl (C=O) groups is 1. The second-order valence-corrected chi connectivity index (χ2v) is 4.75. The highest BCUT2D eigenvalue weighted by atomic mass is 16.5. The van der Waals surface area contributed by atoms with Crippen LogP contribution >= 0.6 is 0 Å². The summed E-state index contributed by atoms with van der Waals surface area (Å²) in [6, 6.07) is 3.26. The zero-order valence-corrected chi connectivity index (χ0v) is 11.3. The molecular weight excluding hydrogens is 244 g/mol. The zero-order valence-electron chi connectivity index (χ0n) is 11.3. The molecule has 0 aromatic carbocycles. The third-order valence-corrected chi connectivity index (χ3v) is 3.41. The van der Waals surface area contributed by atoms with Gasteiger partial charge in [-0.05, 0) is 31.4 Å². The van der Waals surface area contributed by atoms with Crippen molar-refractivity contribution in [1.82, 2.24) is 10.3 Å². The summed E-state index contributed by atoms with van der Waals surface area (Å²) in [5.41, 5.74) is 0.805. The van der Waals surface area contributed by atoms with Crippen LogP contribution in [-0.2, 0) is 14.3 Å². The molecule has 5 heteroatoms. The Balaban J connectivity index is 2.08. The number of ether oxygens (including phenoxy) is 2. The predicted molar refractivity (Wildman–Crippen MR) is 70.6 cm³/mol. The Labute approximate surface area is 113 Å². The largest absolute Gasteiger partial charge is 0.468 e. The van der Waals surface area contributed by atoms with E-state index in [0.29, 0.717) is 0 Å². The van der Waals surface area contributed by atoms with Crippen molar-refractivity contribution < 1.29 is 14.3 Å². The van der Waals surface area contributed by atoms with Gasteiger partial charge in [0.25, 0.3) is 0 Å². The molecule has 19 heavy (non-hydrogen) atoms. The van der Waals surface area contributed by atoms with Crippen molar-refractivity contribution in [3.05, 3.63) is 30.1 Å². The molecule has 0 saturated carbocycles. The Hall–Kier alpha value is -1.46. The van der Waals surface area contributed by atoms with E-state index in [4.69, 9.17) is 9.47 Å². The highest BCUT2D eigenvalue weighted by Gasteiger charge is 2.28. The molecule has 1 fully saturated rings. The van der Waals surface area contributed by atoms with Gasteiger partial charge in [0.15, 0.2) is 0 Å². The van der Waals surface area contributed by atoms with Gasteiger partial charge in [0.2, 0.25) is 0 Å². The van der Waals surface area contributed by atoms with Crippen LogP contribution in [-0.4, -0.2) is 36.8 Å². The minimum absolute atomic E-state index is 0.0896. The van der Waals surface area contributed by atoms with E-state index in [-0.39, 0.29) is 18.1 Å². The van der Waals surface area contributed by atoms with Crippen LogP contribution in [0.1, 0.15) is 31.4 Å². The van der Waals surface area contributed by atoms with Crippen LogP contribution in [0.25, 0.3) is 0 Å². The smallest absolute Gasteiger partial charge is 0.327 e. The second-order valence-electron chi connectivity index (χ2n) is 4.75. The molecule has 1 saturated heterocycles. The first kappa shape index (κ1) is 14.0. The number of nitrogens with one attached hydrogen (secondary N) is 1. The summed E-state index contributed by atoms with van der Waals surface area (Å²) in [5.74, 6) is -0.308. The van der Waals surface area contributed by atoms with E-state index in [1.165, 1.54) is 7.11 Å². The summed E-state index contributed by atoms with van der Waals surface area (Å²) in [4.78, 5) is 16.0. The quantitative estimate of drug-likeness (QED) is 0.816. The van der Waals surface area contributed by atoms with Crippen LogP contribution in [0.5, 0.6) is 0 Å². The Morgan fingerprint density at radius 2 is 2.47 bits per heavy atom. The van der Waals surface area contributed by atoms with Gasteiger partial charge in [0.1, 0.15) is 6.04 Å². The van der Waals surface area contributed by atoms with Crippen molar-refractivity contribution in [2.45, 2.75) is 38.0 Å². The number of methoxy groups -OCH3 is 1. The van der Waals surface area contributed by atoms with E-state index in [2.05, 4.69) is 10.3 Å². The Bertz CT molecular complexity index is 404. The Morgan fingerprint density at radius 3 is 3.05 bits per heavy atom. The lowest BCUT2D eigenvalue weighted by Crippen LogP contribution is -2.42. The van der Waals surface area contributed by atoms with Crippen molar-refractivity contribution in [2.24, 2.45) is 0 Å². The maximum absolute atomic E-state index is 11.9. The number of rotatable bonds is 5. The first-order chi connectivity index (χ1) is 9.22. The lowest BCUT2D eigenvalue weighted by atomic mass is 10.1. The summed E-state index contributed by atoms with van der Waals surface area (Å²) >= 11 is 0. The van der Waals surface area contributed by atoms with Gasteiger partial charge in [0, 0.05) is 25.0 Å². The SMILES string of the molecule is COC(=O)C(NC(C)C1CCCO1)c1cccnc1. The zero-order chi connectivity index (χ0) is 13.7. The molecule has 1 aromatic heterocycles. The summed E-state index contributed by atoms with van der Waals surface area (Å²) in [5, 5.41) is 3.29. The van der Waals surface area contributed by atoms with Crippen LogP contribution in [0, 0.1) is 0 Å². The minimum Gasteiger partial charge on any atom is -0.468 e. The number of nitrogens with zero attached hydrogens (tertiary/aromatic N) is 1. The predicted octanol–water partition coefficient (Wildman–Crippen LogP) is 1.45. The average molecular weight is 264 g/mol. The van der Waals surface area contributed by atoms with Crippen molar-refractivity contribution in [2.75, 3.05) is 13.7 Å². The molecule has 1 aliphatic heterocycles. The van der Waals surface area contributed by atoms with Crippen LogP contribution in [0.2, 0.25) is 0 Å². The summed E-state index contributed by atoms with van der Waals surface area (Å²) in [6.45, 7) is 2.83. The molecule has 2 heterocycles.